The molecule has 5 nitrogen and oxygen atoms in total. The average Bonchev–Trinajstić information content (AvgIpc) is 3.54. The van der Waals surface area contributed by atoms with Crippen LogP contribution in [-0.2, 0) is 0 Å². The molecule has 5 heteroatoms. The third-order valence-corrected chi connectivity index (χ3v) is 8.15. The summed E-state index contributed by atoms with van der Waals surface area (Å²) in [6.45, 7) is 0. The van der Waals surface area contributed by atoms with E-state index in [1.807, 2.05) is 60.8 Å². The summed E-state index contributed by atoms with van der Waals surface area (Å²) in [6.07, 6.45) is 1.85. The maximum atomic E-state index is 13.3. The van der Waals surface area contributed by atoms with E-state index in [4.69, 9.17) is 9.40 Å². The molecule has 0 saturated heterocycles. The number of hydrogen-bond acceptors (Lipinski definition) is 3. The normalized spacial score (nSPS) is 12.0. The SMILES string of the molecule is O=c1c2ccccc2oc2cc(-n3c4ccccc4c4ccc5c6ncccc6n(-c6ccccc6)c5c43)ccc12. The van der Waals surface area contributed by atoms with Gasteiger partial charge in [-0.05, 0) is 60.7 Å². The molecule has 4 heterocycles. The molecule has 192 valence electrons. The zero-order chi connectivity index (χ0) is 27.1. The van der Waals surface area contributed by atoms with Crippen LogP contribution in [0.5, 0.6) is 0 Å². The van der Waals surface area contributed by atoms with Crippen LogP contribution < -0.4 is 5.43 Å². The highest BCUT2D eigenvalue weighted by atomic mass is 16.3. The third-order valence-electron chi connectivity index (χ3n) is 8.15. The van der Waals surface area contributed by atoms with E-state index < -0.39 is 0 Å². The van der Waals surface area contributed by atoms with E-state index in [1.165, 1.54) is 0 Å². The van der Waals surface area contributed by atoms with Crippen LogP contribution in [0.25, 0.3) is 77.1 Å². The minimum Gasteiger partial charge on any atom is -0.456 e. The summed E-state index contributed by atoms with van der Waals surface area (Å²) >= 11 is 0. The summed E-state index contributed by atoms with van der Waals surface area (Å²) in [6, 6.07) is 40.7. The lowest BCUT2D eigenvalue weighted by atomic mass is 10.1. The van der Waals surface area contributed by atoms with Gasteiger partial charge in [0.1, 0.15) is 11.2 Å². The first-order valence-corrected chi connectivity index (χ1v) is 13.6. The minimum absolute atomic E-state index is 0.0201. The van der Waals surface area contributed by atoms with Gasteiger partial charge in [0, 0.05) is 34.1 Å². The van der Waals surface area contributed by atoms with Crippen molar-refractivity contribution in [2.45, 2.75) is 0 Å². The van der Waals surface area contributed by atoms with Crippen LogP contribution in [0.15, 0.2) is 137 Å². The Morgan fingerprint density at radius 3 is 2.07 bits per heavy atom. The quantitative estimate of drug-likeness (QED) is 0.212. The van der Waals surface area contributed by atoms with Crippen molar-refractivity contribution in [2.75, 3.05) is 0 Å². The van der Waals surface area contributed by atoms with Crippen LogP contribution >= 0.6 is 0 Å². The summed E-state index contributed by atoms with van der Waals surface area (Å²) in [4.78, 5) is 18.1. The smallest absolute Gasteiger partial charge is 0.200 e. The number of para-hydroxylation sites is 3. The van der Waals surface area contributed by atoms with E-state index in [0.29, 0.717) is 21.9 Å². The Bertz CT molecular complexity index is 2550. The molecule has 9 aromatic rings. The number of aromatic nitrogens is 3. The van der Waals surface area contributed by atoms with Gasteiger partial charge >= 0.3 is 0 Å². The molecule has 0 amide bonds. The highest BCUT2D eigenvalue weighted by Crippen LogP contribution is 2.41. The molecule has 0 aliphatic heterocycles. The maximum Gasteiger partial charge on any atom is 0.200 e. The van der Waals surface area contributed by atoms with Crippen LogP contribution in [0.2, 0.25) is 0 Å². The Morgan fingerprint density at radius 1 is 0.512 bits per heavy atom. The van der Waals surface area contributed by atoms with Gasteiger partial charge in [-0.15, -0.1) is 0 Å². The first-order chi connectivity index (χ1) is 20.3. The Morgan fingerprint density at radius 2 is 1.17 bits per heavy atom. The van der Waals surface area contributed by atoms with Crippen molar-refractivity contribution in [3.05, 3.63) is 138 Å². The molecule has 0 radical (unpaired) electrons. The van der Waals surface area contributed by atoms with Gasteiger partial charge in [-0.25, -0.2) is 0 Å². The van der Waals surface area contributed by atoms with Gasteiger partial charge in [0.05, 0.1) is 44.0 Å². The van der Waals surface area contributed by atoms with Crippen molar-refractivity contribution in [2.24, 2.45) is 0 Å². The lowest BCUT2D eigenvalue weighted by molar-refractivity contribution is 0.659. The van der Waals surface area contributed by atoms with E-state index in [-0.39, 0.29) is 5.43 Å². The predicted octanol–water partition coefficient (Wildman–Crippen LogP) is 8.54. The van der Waals surface area contributed by atoms with E-state index in [9.17, 15) is 4.79 Å². The first-order valence-electron chi connectivity index (χ1n) is 13.6. The van der Waals surface area contributed by atoms with Crippen LogP contribution in [0, 0.1) is 0 Å². The van der Waals surface area contributed by atoms with Gasteiger partial charge in [0.25, 0.3) is 0 Å². The van der Waals surface area contributed by atoms with Crippen LogP contribution in [0.3, 0.4) is 0 Å². The number of pyridine rings is 1. The molecule has 41 heavy (non-hydrogen) atoms. The molecule has 0 N–H and O–H groups in total. The number of nitrogens with zero attached hydrogens (tertiary/aromatic N) is 3. The van der Waals surface area contributed by atoms with Gasteiger partial charge in [0.2, 0.25) is 5.43 Å². The standard InChI is InChI=1S/C36H21N3O2/c40-36-26-12-5-7-15-31(26)41-32-21-23(16-17-27(32)36)39-29-13-6-4-11-24(29)25-18-19-28-33-30(14-8-20-37-33)38(35(28)34(25)39)22-9-2-1-3-10-22/h1-21H. The van der Waals surface area contributed by atoms with Crippen molar-refractivity contribution < 1.29 is 4.42 Å². The molecule has 0 saturated carbocycles. The second-order valence-electron chi connectivity index (χ2n) is 10.4. The van der Waals surface area contributed by atoms with Gasteiger partial charge < -0.3 is 13.6 Å². The van der Waals surface area contributed by atoms with Gasteiger partial charge in [0.15, 0.2) is 0 Å². The molecule has 0 fully saturated rings. The monoisotopic (exact) mass is 527 g/mol. The summed E-state index contributed by atoms with van der Waals surface area (Å²) in [5.41, 5.74) is 8.37. The minimum atomic E-state index is -0.0201. The van der Waals surface area contributed by atoms with Crippen molar-refractivity contribution in [1.82, 2.24) is 14.1 Å². The lowest BCUT2D eigenvalue weighted by Crippen LogP contribution is -2.03. The van der Waals surface area contributed by atoms with E-state index in [0.717, 1.165) is 55.1 Å². The molecule has 0 aliphatic rings. The van der Waals surface area contributed by atoms with Crippen LogP contribution in [0.1, 0.15) is 0 Å². The second kappa shape index (κ2) is 8.16. The lowest BCUT2D eigenvalue weighted by Gasteiger charge is -2.13. The molecule has 0 atom stereocenters. The highest BCUT2D eigenvalue weighted by Gasteiger charge is 2.22. The molecule has 5 aromatic carbocycles. The molecule has 9 rings (SSSR count). The van der Waals surface area contributed by atoms with Crippen molar-refractivity contribution in [3.63, 3.8) is 0 Å². The summed E-state index contributed by atoms with van der Waals surface area (Å²) < 4.78 is 10.9. The number of hydrogen-bond donors (Lipinski definition) is 0. The van der Waals surface area contributed by atoms with Gasteiger partial charge in [-0.1, -0.05) is 54.6 Å². The Balaban J connectivity index is 1.49. The Hall–Kier alpha value is -5.68. The Kier molecular flexibility index (Phi) is 4.41. The molecular formula is C36H21N3O2. The molecule has 0 spiro atoms. The fraction of sp³-hybridized carbons (Fsp3) is 0. The van der Waals surface area contributed by atoms with Gasteiger partial charge in [-0.3, -0.25) is 9.78 Å². The number of fused-ring (bicyclic) bond motifs is 9. The Labute approximate surface area is 233 Å². The van der Waals surface area contributed by atoms with Gasteiger partial charge in [-0.2, -0.15) is 0 Å². The number of rotatable bonds is 2. The third kappa shape index (κ3) is 3.00. The van der Waals surface area contributed by atoms with E-state index >= 15 is 0 Å². The first kappa shape index (κ1) is 22.2. The largest absolute Gasteiger partial charge is 0.456 e. The second-order valence-corrected chi connectivity index (χ2v) is 10.4. The zero-order valence-electron chi connectivity index (χ0n) is 21.8. The maximum absolute atomic E-state index is 13.3. The van der Waals surface area contributed by atoms with Crippen molar-refractivity contribution in [1.29, 1.82) is 0 Å². The zero-order valence-corrected chi connectivity index (χ0v) is 21.8. The summed E-state index contributed by atoms with van der Waals surface area (Å²) in [5, 5.41) is 4.54. The highest BCUT2D eigenvalue weighted by molar-refractivity contribution is 6.23. The van der Waals surface area contributed by atoms with Crippen LogP contribution in [-0.4, -0.2) is 14.1 Å². The molecule has 4 aromatic heterocycles. The molecule has 0 aliphatic carbocycles. The average molecular weight is 528 g/mol. The fourth-order valence-electron chi connectivity index (χ4n) is 6.41. The summed E-state index contributed by atoms with van der Waals surface area (Å²) in [7, 11) is 0. The topological polar surface area (TPSA) is 53.0 Å². The summed E-state index contributed by atoms with van der Waals surface area (Å²) in [5.74, 6) is 0. The number of benzene rings is 5. The van der Waals surface area contributed by atoms with Crippen molar-refractivity contribution >= 4 is 65.7 Å². The van der Waals surface area contributed by atoms with E-state index in [2.05, 4.69) is 75.9 Å². The van der Waals surface area contributed by atoms with Crippen molar-refractivity contribution in [3.8, 4) is 11.4 Å². The predicted molar refractivity (Wildman–Crippen MR) is 166 cm³/mol. The fourth-order valence-corrected chi connectivity index (χ4v) is 6.41. The molecule has 0 bridgehead atoms. The van der Waals surface area contributed by atoms with Crippen LogP contribution in [0.4, 0.5) is 0 Å². The van der Waals surface area contributed by atoms with E-state index in [1.54, 1.807) is 0 Å². The molecular weight excluding hydrogens is 506 g/mol. The molecule has 0 unspecified atom stereocenters.